The first-order valence-corrected chi connectivity index (χ1v) is 8.62. The summed E-state index contributed by atoms with van der Waals surface area (Å²) in [6.07, 6.45) is -4.80. The van der Waals surface area contributed by atoms with Crippen LogP contribution in [0.25, 0.3) is 21.8 Å². The maximum Gasteiger partial charge on any atom is 0.573 e. The molecule has 0 spiro atoms. The predicted octanol–water partition coefficient (Wildman–Crippen LogP) is 5.44. The highest BCUT2D eigenvalue weighted by molar-refractivity contribution is 5.93. The first-order valence-electron chi connectivity index (χ1n) is 8.62. The summed E-state index contributed by atoms with van der Waals surface area (Å²) in [4.78, 5) is 15.3. The molecule has 154 valence electrons. The van der Waals surface area contributed by atoms with Gasteiger partial charge in [0, 0.05) is 17.5 Å². The van der Waals surface area contributed by atoms with Gasteiger partial charge in [-0.15, -0.1) is 13.2 Å². The molecule has 0 unspecified atom stereocenters. The Hall–Kier alpha value is -3.62. The van der Waals surface area contributed by atoms with Crippen LogP contribution >= 0.6 is 0 Å². The number of H-pyrrole nitrogens is 1. The molecule has 1 heterocycles. The molecule has 0 radical (unpaired) electrons. The van der Waals surface area contributed by atoms with Gasteiger partial charge in [0.25, 0.3) is 0 Å². The quantitative estimate of drug-likeness (QED) is 0.353. The van der Waals surface area contributed by atoms with Crippen LogP contribution in [0.2, 0.25) is 0 Å². The number of hydrogen-bond acceptors (Lipinski definition) is 3. The van der Waals surface area contributed by atoms with Crippen LogP contribution in [0, 0.1) is 11.6 Å². The average molecular weight is 421 g/mol. The number of hydrogen-bond donors (Lipinski definition) is 1. The van der Waals surface area contributed by atoms with E-state index >= 15 is 0 Å². The van der Waals surface area contributed by atoms with Crippen LogP contribution in [0.4, 0.5) is 22.0 Å². The molecule has 3 aromatic carbocycles. The number of ether oxygens (including phenoxy) is 2. The molecule has 0 aliphatic carbocycles. The number of rotatable bonds is 4. The van der Waals surface area contributed by atoms with Crippen molar-refractivity contribution < 1.29 is 31.4 Å². The third-order valence-electron chi connectivity index (χ3n) is 4.32. The van der Waals surface area contributed by atoms with Gasteiger partial charge >= 0.3 is 6.36 Å². The molecule has 0 saturated carbocycles. The SMILES string of the molecule is O=c1c2ccc(OCc3cccc(OC(F)(F)F)c3)cc2[nH]c2cc(F)cc(F)c12. The van der Waals surface area contributed by atoms with E-state index in [0.29, 0.717) is 22.9 Å². The van der Waals surface area contributed by atoms with E-state index in [0.717, 1.165) is 6.07 Å². The van der Waals surface area contributed by atoms with Crippen molar-refractivity contribution in [2.75, 3.05) is 0 Å². The first-order chi connectivity index (χ1) is 14.2. The Bertz CT molecular complexity index is 1310. The van der Waals surface area contributed by atoms with E-state index in [4.69, 9.17) is 4.74 Å². The molecule has 4 aromatic rings. The molecular formula is C21H12F5NO3. The molecule has 0 amide bonds. The lowest BCUT2D eigenvalue weighted by Crippen LogP contribution is -2.17. The maximum absolute atomic E-state index is 14.0. The fourth-order valence-corrected chi connectivity index (χ4v) is 3.10. The van der Waals surface area contributed by atoms with Crippen LogP contribution in [0.15, 0.2) is 59.4 Å². The fraction of sp³-hybridized carbons (Fsp3) is 0.0952. The fourth-order valence-electron chi connectivity index (χ4n) is 3.10. The van der Waals surface area contributed by atoms with Gasteiger partial charge in [-0.1, -0.05) is 12.1 Å². The molecule has 0 aliphatic rings. The van der Waals surface area contributed by atoms with Crippen molar-refractivity contribution in [1.29, 1.82) is 0 Å². The summed E-state index contributed by atoms with van der Waals surface area (Å²) in [5.41, 5.74) is 0.121. The van der Waals surface area contributed by atoms with E-state index in [1.165, 1.54) is 36.4 Å². The van der Waals surface area contributed by atoms with E-state index in [9.17, 15) is 26.7 Å². The number of alkyl halides is 3. The summed E-state index contributed by atoms with van der Waals surface area (Å²) < 4.78 is 73.9. The van der Waals surface area contributed by atoms with Gasteiger partial charge in [-0.05, 0) is 35.9 Å². The van der Waals surface area contributed by atoms with E-state index in [2.05, 4.69) is 9.72 Å². The first kappa shape index (κ1) is 19.7. The van der Waals surface area contributed by atoms with Crippen molar-refractivity contribution >= 4 is 21.8 Å². The molecule has 0 saturated heterocycles. The van der Waals surface area contributed by atoms with Gasteiger partial charge in [0.2, 0.25) is 0 Å². The van der Waals surface area contributed by atoms with Crippen molar-refractivity contribution in [1.82, 2.24) is 4.98 Å². The molecule has 4 nitrogen and oxygen atoms in total. The van der Waals surface area contributed by atoms with Crippen LogP contribution in [0.3, 0.4) is 0 Å². The lowest BCUT2D eigenvalue weighted by Gasteiger charge is -2.11. The van der Waals surface area contributed by atoms with Gasteiger partial charge in [-0.2, -0.15) is 0 Å². The topological polar surface area (TPSA) is 51.3 Å². The highest BCUT2D eigenvalue weighted by Gasteiger charge is 2.31. The molecule has 0 atom stereocenters. The van der Waals surface area contributed by atoms with Crippen molar-refractivity contribution in [3.8, 4) is 11.5 Å². The van der Waals surface area contributed by atoms with Crippen LogP contribution < -0.4 is 14.9 Å². The minimum absolute atomic E-state index is 0.000786. The van der Waals surface area contributed by atoms with E-state index in [-0.39, 0.29) is 28.6 Å². The number of nitrogens with one attached hydrogen (secondary N) is 1. The number of fused-ring (bicyclic) bond motifs is 2. The molecule has 0 aliphatic heterocycles. The number of benzene rings is 3. The van der Waals surface area contributed by atoms with Crippen LogP contribution in [0.1, 0.15) is 5.56 Å². The molecule has 9 heteroatoms. The molecule has 4 rings (SSSR count). The zero-order chi connectivity index (χ0) is 21.5. The lowest BCUT2D eigenvalue weighted by molar-refractivity contribution is -0.274. The Morgan fingerprint density at radius 1 is 0.900 bits per heavy atom. The monoisotopic (exact) mass is 421 g/mol. The summed E-state index contributed by atoms with van der Waals surface area (Å²) in [6, 6.07) is 11.3. The summed E-state index contributed by atoms with van der Waals surface area (Å²) in [6.45, 7) is -0.0678. The predicted molar refractivity (Wildman–Crippen MR) is 99.4 cm³/mol. The van der Waals surface area contributed by atoms with Crippen LogP contribution in [0.5, 0.6) is 11.5 Å². The summed E-state index contributed by atoms with van der Waals surface area (Å²) in [5, 5.41) is -0.0695. The smallest absolute Gasteiger partial charge is 0.489 e. The Morgan fingerprint density at radius 3 is 2.47 bits per heavy atom. The Kier molecular flexibility index (Phi) is 4.81. The largest absolute Gasteiger partial charge is 0.573 e. The second-order valence-corrected chi connectivity index (χ2v) is 6.46. The molecular weight excluding hydrogens is 409 g/mol. The van der Waals surface area contributed by atoms with Crippen LogP contribution in [-0.4, -0.2) is 11.3 Å². The van der Waals surface area contributed by atoms with E-state index in [1.807, 2.05) is 0 Å². The second kappa shape index (κ2) is 7.33. The number of halogens is 5. The number of pyridine rings is 1. The highest BCUT2D eigenvalue weighted by Crippen LogP contribution is 2.25. The van der Waals surface area contributed by atoms with E-state index in [1.54, 1.807) is 6.07 Å². The molecule has 1 aromatic heterocycles. The van der Waals surface area contributed by atoms with Crippen molar-refractivity contribution in [3.63, 3.8) is 0 Å². The standard InChI is InChI=1S/C21H12F5NO3/c22-12-7-16(23)19-18(8-12)27-17-9-13(4-5-15(17)20(19)28)29-10-11-2-1-3-14(6-11)30-21(24,25)26/h1-9H,10H2,(H,27,28). The van der Waals surface area contributed by atoms with Crippen molar-refractivity contribution in [3.05, 3.63) is 82.0 Å². The highest BCUT2D eigenvalue weighted by atomic mass is 19.4. The third kappa shape index (κ3) is 4.05. The Labute approximate surface area is 165 Å². The average Bonchev–Trinajstić information content (AvgIpc) is 2.64. The summed E-state index contributed by atoms with van der Waals surface area (Å²) >= 11 is 0. The summed E-state index contributed by atoms with van der Waals surface area (Å²) in [7, 11) is 0. The minimum Gasteiger partial charge on any atom is -0.489 e. The van der Waals surface area contributed by atoms with Crippen LogP contribution in [-0.2, 0) is 6.61 Å². The maximum atomic E-state index is 14.0. The lowest BCUT2D eigenvalue weighted by atomic mass is 10.1. The van der Waals surface area contributed by atoms with Gasteiger partial charge < -0.3 is 14.5 Å². The Balaban J connectivity index is 1.62. The zero-order valence-corrected chi connectivity index (χ0v) is 15.0. The van der Waals surface area contributed by atoms with Gasteiger partial charge in [-0.25, -0.2) is 8.78 Å². The van der Waals surface area contributed by atoms with Crippen molar-refractivity contribution in [2.45, 2.75) is 13.0 Å². The second-order valence-electron chi connectivity index (χ2n) is 6.46. The minimum atomic E-state index is -4.80. The third-order valence-corrected chi connectivity index (χ3v) is 4.32. The Morgan fingerprint density at radius 2 is 1.70 bits per heavy atom. The van der Waals surface area contributed by atoms with E-state index < -0.39 is 23.4 Å². The number of aromatic nitrogens is 1. The zero-order valence-electron chi connectivity index (χ0n) is 15.0. The summed E-state index contributed by atoms with van der Waals surface area (Å²) in [5.74, 6) is -1.86. The van der Waals surface area contributed by atoms with Gasteiger partial charge in [0.1, 0.15) is 29.7 Å². The van der Waals surface area contributed by atoms with Gasteiger partial charge in [0.05, 0.1) is 16.4 Å². The molecule has 0 bridgehead atoms. The molecule has 0 fully saturated rings. The van der Waals surface area contributed by atoms with Crippen molar-refractivity contribution in [2.24, 2.45) is 0 Å². The normalized spacial score (nSPS) is 11.8. The molecule has 1 N–H and O–H groups in total. The number of aromatic amines is 1. The molecule has 30 heavy (non-hydrogen) atoms. The van der Waals surface area contributed by atoms with Gasteiger partial charge in [0.15, 0.2) is 5.43 Å². The van der Waals surface area contributed by atoms with Gasteiger partial charge in [-0.3, -0.25) is 4.79 Å².